The Bertz CT molecular complexity index is 3580. The number of benzene rings is 12. The number of rotatable bonds is 12. The lowest BCUT2D eigenvalue weighted by Crippen LogP contribution is -2.12. The van der Waals surface area contributed by atoms with Crippen LogP contribution in [0.25, 0.3) is 44.5 Å². The van der Waals surface area contributed by atoms with E-state index in [4.69, 9.17) is 0 Å². The third kappa shape index (κ3) is 10.4. The number of anilines is 12. The molecule has 12 aromatic carbocycles. The Labute approximate surface area is 496 Å². The van der Waals surface area contributed by atoms with Crippen LogP contribution >= 0.6 is 0 Å². The van der Waals surface area contributed by atoms with Gasteiger partial charge in [0.2, 0.25) is 0 Å². The van der Waals surface area contributed by atoms with E-state index in [1.54, 1.807) is 0 Å². The Kier molecular flexibility index (Phi) is 14.1. The molecule has 0 bridgehead atoms. The van der Waals surface area contributed by atoms with Gasteiger partial charge in [0.25, 0.3) is 0 Å². The van der Waals surface area contributed by atoms with E-state index in [1.165, 1.54) is 44.5 Å². The van der Waals surface area contributed by atoms with Crippen LogP contribution in [0, 0.1) is 55.4 Å². The Balaban J connectivity index is 1.12. The van der Waals surface area contributed by atoms with Gasteiger partial charge in [0, 0.05) is 68.2 Å². The highest BCUT2D eigenvalue weighted by atomic mass is 15.2. The number of aryl methyl sites for hydroxylation is 8. The van der Waals surface area contributed by atoms with E-state index in [0.717, 1.165) is 113 Å². The molecule has 0 atom stereocenters. The van der Waals surface area contributed by atoms with Gasteiger partial charge < -0.3 is 19.6 Å². The molecule has 0 spiro atoms. The number of nitrogens with zero attached hydrogens (tertiary/aromatic N) is 4. The van der Waals surface area contributed by atoms with Crippen LogP contribution in [0.15, 0.2) is 267 Å². The second-order valence-electron chi connectivity index (χ2n) is 22.9. The van der Waals surface area contributed by atoms with Crippen molar-refractivity contribution in [2.75, 3.05) is 19.6 Å². The summed E-state index contributed by atoms with van der Waals surface area (Å²) in [4.78, 5) is 9.62. The normalized spacial score (nSPS) is 11.3. The van der Waals surface area contributed by atoms with Gasteiger partial charge in [-0.2, -0.15) is 0 Å². The molecule has 12 aromatic rings. The SMILES string of the molecule is Cc1ccc(N(c2ccc(C)cc2)c2ccc3c(c2)-c2cc(N(c4ccc(C)cc4)c4ccc(C)cc4)ccc2-c2ccc(N(c4ccc(C)cc4)c4ccc(C)cc4)cc2-c2cc(N(c4ccc(C)cc4)c4ccc(C)cc4)ccc2-3)cc1. The number of hydrogen-bond donors (Lipinski definition) is 0. The minimum atomic E-state index is 1.07. The second-order valence-corrected chi connectivity index (χ2v) is 22.9. The summed E-state index contributed by atoms with van der Waals surface area (Å²) in [6.07, 6.45) is 0. The molecule has 0 radical (unpaired) electrons. The predicted molar refractivity (Wildman–Crippen MR) is 358 cm³/mol. The molecular weight excluding hydrogens is 1020 g/mol. The quantitative estimate of drug-likeness (QED) is 0.121. The summed E-state index contributed by atoms with van der Waals surface area (Å²) in [5.41, 5.74) is 31.9. The highest BCUT2D eigenvalue weighted by molar-refractivity contribution is 6.07. The van der Waals surface area contributed by atoms with Gasteiger partial charge in [-0.15, -0.1) is 0 Å². The van der Waals surface area contributed by atoms with E-state index in [0.29, 0.717) is 0 Å². The fourth-order valence-electron chi connectivity index (χ4n) is 11.9. The topological polar surface area (TPSA) is 13.0 Å². The molecule has 13 rings (SSSR count). The standard InChI is InChI=1S/C80H68N4/c1-53-9-25-61(26-10-53)81(62-27-11-54(2)12-28-62)69-41-45-73-74-46-42-71(83(65-33-17-57(5)18-34-65)66-35-19-58(6)20-36-66)51-79(74)80-52-72(84(67-37-21-59(7)22-38-67)68-39-23-60(8)24-40-68)44-48-76(80)75-47-43-70(50-78(75)77(73)49-69)82(63-29-13-55(3)14-30-63)64-31-15-56(4)16-32-64/h9-52H,1-8H3. The van der Waals surface area contributed by atoms with Gasteiger partial charge in [-0.1, -0.05) is 166 Å². The van der Waals surface area contributed by atoms with E-state index in [9.17, 15) is 0 Å². The summed E-state index contributed by atoms with van der Waals surface area (Å²) in [5, 5.41) is 0. The van der Waals surface area contributed by atoms with Crippen molar-refractivity contribution < 1.29 is 0 Å². The van der Waals surface area contributed by atoms with Crippen LogP contribution in [0.1, 0.15) is 44.5 Å². The molecule has 0 saturated heterocycles. The smallest absolute Gasteiger partial charge is 0.0468 e. The molecule has 0 fully saturated rings. The van der Waals surface area contributed by atoms with Crippen molar-refractivity contribution in [3.8, 4) is 44.5 Å². The highest BCUT2D eigenvalue weighted by Crippen LogP contribution is 2.54. The third-order valence-corrected chi connectivity index (χ3v) is 16.5. The second kappa shape index (κ2) is 22.3. The first kappa shape index (κ1) is 53.2. The Morgan fingerprint density at radius 3 is 0.381 bits per heavy atom. The maximum absolute atomic E-state index is 2.44. The molecule has 0 N–H and O–H groups in total. The minimum absolute atomic E-state index is 1.07. The average Bonchev–Trinajstić information content (AvgIpc) is 1.61. The van der Waals surface area contributed by atoms with Crippen LogP contribution < -0.4 is 19.6 Å². The summed E-state index contributed by atoms with van der Waals surface area (Å²) in [5.74, 6) is 0. The van der Waals surface area contributed by atoms with Crippen molar-refractivity contribution in [2.24, 2.45) is 0 Å². The zero-order valence-electron chi connectivity index (χ0n) is 49.2. The van der Waals surface area contributed by atoms with Crippen molar-refractivity contribution >= 4 is 68.2 Å². The van der Waals surface area contributed by atoms with Crippen LogP contribution in [-0.2, 0) is 0 Å². The van der Waals surface area contributed by atoms with Gasteiger partial charge in [-0.25, -0.2) is 0 Å². The predicted octanol–water partition coefficient (Wildman–Crippen LogP) is 23.0. The largest absolute Gasteiger partial charge is 0.310 e. The van der Waals surface area contributed by atoms with Crippen LogP contribution in [0.2, 0.25) is 0 Å². The van der Waals surface area contributed by atoms with E-state index < -0.39 is 0 Å². The first-order valence-electron chi connectivity index (χ1n) is 29.2. The van der Waals surface area contributed by atoms with Crippen molar-refractivity contribution in [2.45, 2.75) is 55.4 Å². The molecular formula is C80H68N4. The molecule has 0 saturated carbocycles. The van der Waals surface area contributed by atoms with E-state index in [2.05, 4.69) is 342 Å². The maximum Gasteiger partial charge on any atom is 0.0468 e. The summed E-state index contributed by atoms with van der Waals surface area (Å²) >= 11 is 0. The van der Waals surface area contributed by atoms with Gasteiger partial charge in [0.1, 0.15) is 0 Å². The van der Waals surface area contributed by atoms with Crippen molar-refractivity contribution in [3.63, 3.8) is 0 Å². The van der Waals surface area contributed by atoms with Crippen LogP contribution in [0.3, 0.4) is 0 Å². The Morgan fingerprint density at radius 2 is 0.250 bits per heavy atom. The zero-order valence-corrected chi connectivity index (χ0v) is 49.2. The molecule has 0 amide bonds. The molecule has 0 aliphatic heterocycles. The van der Waals surface area contributed by atoms with Gasteiger partial charge in [0.05, 0.1) is 0 Å². The molecule has 0 heterocycles. The van der Waals surface area contributed by atoms with Gasteiger partial charge in [-0.05, 0) is 245 Å². The zero-order chi connectivity index (χ0) is 57.6. The minimum Gasteiger partial charge on any atom is -0.310 e. The molecule has 0 aromatic heterocycles. The lowest BCUT2D eigenvalue weighted by molar-refractivity contribution is 1.26. The summed E-state index contributed by atoms with van der Waals surface area (Å²) in [7, 11) is 0. The Morgan fingerprint density at radius 1 is 0.131 bits per heavy atom. The molecule has 4 heteroatoms. The van der Waals surface area contributed by atoms with Gasteiger partial charge in [0.15, 0.2) is 0 Å². The fourth-order valence-corrected chi connectivity index (χ4v) is 11.9. The molecule has 1 aliphatic rings. The van der Waals surface area contributed by atoms with Crippen LogP contribution in [-0.4, -0.2) is 0 Å². The van der Waals surface area contributed by atoms with Crippen LogP contribution in [0.4, 0.5) is 68.2 Å². The van der Waals surface area contributed by atoms with Crippen molar-refractivity contribution in [1.82, 2.24) is 0 Å². The monoisotopic (exact) mass is 1080 g/mol. The first-order chi connectivity index (χ1) is 40.9. The van der Waals surface area contributed by atoms with E-state index in [-0.39, 0.29) is 0 Å². The summed E-state index contributed by atoms with van der Waals surface area (Å²) < 4.78 is 0. The lowest BCUT2D eigenvalue weighted by atomic mass is 9.80. The van der Waals surface area contributed by atoms with E-state index in [1.807, 2.05) is 0 Å². The molecule has 84 heavy (non-hydrogen) atoms. The molecule has 4 nitrogen and oxygen atoms in total. The van der Waals surface area contributed by atoms with Gasteiger partial charge >= 0.3 is 0 Å². The van der Waals surface area contributed by atoms with Crippen molar-refractivity contribution in [3.05, 3.63) is 311 Å². The summed E-state index contributed by atoms with van der Waals surface area (Å²) in [6, 6.07) is 99.9. The number of hydrogen-bond acceptors (Lipinski definition) is 4. The first-order valence-corrected chi connectivity index (χ1v) is 29.2. The van der Waals surface area contributed by atoms with E-state index >= 15 is 0 Å². The van der Waals surface area contributed by atoms with Crippen molar-refractivity contribution in [1.29, 1.82) is 0 Å². The average molecular weight is 1090 g/mol. The van der Waals surface area contributed by atoms with Crippen LogP contribution in [0.5, 0.6) is 0 Å². The lowest BCUT2D eigenvalue weighted by Gasteiger charge is -2.32. The molecule has 408 valence electrons. The fraction of sp³-hybridized carbons (Fsp3) is 0.100. The van der Waals surface area contributed by atoms with Gasteiger partial charge in [-0.3, -0.25) is 0 Å². The molecule has 0 unspecified atom stereocenters. The summed E-state index contributed by atoms with van der Waals surface area (Å²) in [6.45, 7) is 17.2. The number of fused-ring (bicyclic) bond motifs is 8. The third-order valence-electron chi connectivity index (χ3n) is 16.5. The highest BCUT2D eigenvalue weighted by Gasteiger charge is 2.28. The maximum atomic E-state index is 2.44. The molecule has 1 aliphatic carbocycles. The Hall–Kier alpha value is -10.2.